The topological polar surface area (TPSA) is 41.6 Å². The average molecular weight is 302 g/mol. The molecule has 4 heteroatoms. The Hall–Kier alpha value is -1.39. The molecule has 3 rings (SSSR count). The molecule has 2 fully saturated rings. The van der Waals surface area contributed by atoms with E-state index in [2.05, 4.69) is 40.5 Å². The van der Waals surface area contributed by atoms with Gasteiger partial charge in [-0.2, -0.15) is 0 Å². The Kier molecular flexibility index (Phi) is 5.46. The molecule has 4 nitrogen and oxygen atoms in total. The van der Waals surface area contributed by atoms with E-state index in [1.165, 1.54) is 5.56 Å². The van der Waals surface area contributed by atoms with Gasteiger partial charge in [-0.05, 0) is 31.2 Å². The van der Waals surface area contributed by atoms with Crippen molar-refractivity contribution in [1.82, 2.24) is 10.2 Å². The van der Waals surface area contributed by atoms with Crippen LogP contribution in [0.5, 0.6) is 0 Å². The van der Waals surface area contributed by atoms with Gasteiger partial charge >= 0.3 is 0 Å². The quantitative estimate of drug-likeness (QED) is 0.927. The number of ether oxygens (including phenoxy) is 1. The number of hydrogen-bond acceptors (Lipinski definition) is 3. The van der Waals surface area contributed by atoms with Crippen LogP contribution in [0.3, 0.4) is 0 Å². The van der Waals surface area contributed by atoms with Crippen LogP contribution in [0.25, 0.3) is 0 Å². The summed E-state index contributed by atoms with van der Waals surface area (Å²) in [6, 6.07) is 10.9. The van der Waals surface area contributed by atoms with Gasteiger partial charge in [0.1, 0.15) is 0 Å². The SMILES string of the molecule is O=C(NC1CCN(Cc2ccccc2)CC1)C1CCCOC1. The van der Waals surface area contributed by atoms with Crippen LogP contribution in [0.15, 0.2) is 30.3 Å². The fourth-order valence-electron chi connectivity index (χ4n) is 3.34. The Balaban J connectivity index is 1.40. The van der Waals surface area contributed by atoms with Crippen LogP contribution in [-0.2, 0) is 16.1 Å². The predicted octanol–water partition coefficient (Wildman–Crippen LogP) is 2.19. The van der Waals surface area contributed by atoms with Gasteiger partial charge in [-0.1, -0.05) is 30.3 Å². The number of hydrogen-bond donors (Lipinski definition) is 1. The van der Waals surface area contributed by atoms with E-state index in [4.69, 9.17) is 4.74 Å². The van der Waals surface area contributed by atoms with E-state index >= 15 is 0 Å². The third-order valence-electron chi connectivity index (χ3n) is 4.71. The number of nitrogens with zero attached hydrogens (tertiary/aromatic N) is 1. The first-order valence-corrected chi connectivity index (χ1v) is 8.45. The number of carbonyl (C=O) groups excluding carboxylic acids is 1. The van der Waals surface area contributed by atoms with Crippen LogP contribution < -0.4 is 5.32 Å². The molecule has 22 heavy (non-hydrogen) atoms. The molecule has 120 valence electrons. The van der Waals surface area contributed by atoms with Gasteiger partial charge in [0, 0.05) is 32.3 Å². The summed E-state index contributed by atoms with van der Waals surface area (Å²) in [7, 11) is 0. The van der Waals surface area contributed by atoms with Crippen LogP contribution in [-0.4, -0.2) is 43.2 Å². The number of carbonyl (C=O) groups is 1. The molecule has 1 N–H and O–H groups in total. The first kappa shape index (κ1) is 15.5. The zero-order valence-corrected chi connectivity index (χ0v) is 13.2. The summed E-state index contributed by atoms with van der Waals surface area (Å²) >= 11 is 0. The maximum absolute atomic E-state index is 12.2. The lowest BCUT2D eigenvalue weighted by molar-refractivity contribution is -0.130. The normalized spacial score (nSPS) is 24.1. The van der Waals surface area contributed by atoms with Crippen LogP contribution in [0, 0.1) is 5.92 Å². The van der Waals surface area contributed by atoms with E-state index in [9.17, 15) is 4.79 Å². The monoisotopic (exact) mass is 302 g/mol. The molecule has 0 spiro atoms. The van der Waals surface area contributed by atoms with Crippen molar-refractivity contribution < 1.29 is 9.53 Å². The Labute approximate surface area is 132 Å². The maximum atomic E-state index is 12.2. The highest BCUT2D eigenvalue weighted by molar-refractivity contribution is 5.79. The molecular weight excluding hydrogens is 276 g/mol. The second-order valence-electron chi connectivity index (χ2n) is 6.46. The summed E-state index contributed by atoms with van der Waals surface area (Å²) in [5.74, 6) is 0.261. The third kappa shape index (κ3) is 4.31. The first-order valence-electron chi connectivity index (χ1n) is 8.45. The average Bonchev–Trinajstić information content (AvgIpc) is 2.58. The number of benzene rings is 1. The van der Waals surface area contributed by atoms with Gasteiger partial charge in [-0.3, -0.25) is 9.69 Å². The summed E-state index contributed by atoms with van der Waals surface area (Å²) in [5.41, 5.74) is 1.37. The lowest BCUT2D eigenvalue weighted by Gasteiger charge is -2.33. The maximum Gasteiger partial charge on any atom is 0.225 e. The van der Waals surface area contributed by atoms with Gasteiger partial charge in [0.05, 0.1) is 12.5 Å². The minimum atomic E-state index is 0.0658. The lowest BCUT2D eigenvalue weighted by Crippen LogP contribution is -2.47. The van der Waals surface area contributed by atoms with Crippen molar-refractivity contribution in [2.45, 2.75) is 38.3 Å². The third-order valence-corrected chi connectivity index (χ3v) is 4.71. The van der Waals surface area contributed by atoms with Crippen molar-refractivity contribution in [3.8, 4) is 0 Å². The molecule has 1 amide bonds. The Morgan fingerprint density at radius 1 is 1.18 bits per heavy atom. The number of likely N-dealkylation sites (tertiary alicyclic amines) is 1. The molecule has 0 aliphatic carbocycles. The number of piperidine rings is 1. The van der Waals surface area contributed by atoms with Crippen LogP contribution in [0.4, 0.5) is 0 Å². The zero-order valence-electron chi connectivity index (χ0n) is 13.2. The van der Waals surface area contributed by atoms with Crippen LogP contribution >= 0.6 is 0 Å². The number of rotatable bonds is 4. The van der Waals surface area contributed by atoms with Crippen LogP contribution in [0.1, 0.15) is 31.2 Å². The van der Waals surface area contributed by atoms with E-state index in [0.717, 1.165) is 51.9 Å². The summed E-state index contributed by atoms with van der Waals surface area (Å²) in [5, 5.41) is 3.23. The minimum absolute atomic E-state index is 0.0658. The summed E-state index contributed by atoms with van der Waals surface area (Å²) in [6.45, 7) is 4.53. The van der Waals surface area contributed by atoms with Crippen molar-refractivity contribution in [2.75, 3.05) is 26.3 Å². The fraction of sp³-hybridized carbons (Fsp3) is 0.611. The Morgan fingerprint density at radius 3 is 2.64 bits per heavy atom. The standard InChI is InChI=1S/C18H26N2O2/c21-18(16-7-4-12-22-14-16)19-17-8-10-20(11-9-17)13-15-5-2-1-3-6-15/h1-3,5-6,16-17H,4,7-14H2,(H,19,21). The van der Waals surface area contributed by atoms with E-state index in [-0.39, 0.29) is 11.8 Å². The van der Waals surface area contributed by atoms with Crippen molar-refractivity contribution in [1.29, 1.82) is 0 Å². The highest BCUT2D eigenvalue weighted by Gasteiger charge is 2.26. The number of nitrogens with one attached hydrogen (secondary N) is 1. The number of amides is 1. The molecule has 2 aliphatic rings. The first-order chi connectivity index (χ1) is 10.8. The molecule has 0 bridgehead atoms. The van der Waals surface area contributed by atoms with Gasteiger partial charge in [0.15, 0.2) is 0 Å². The highest BCUT2D eigenvalue weighted by atomic mass is 16.5. The molecule has 1 atom stereocenters. The van der Waals surface area contributed by atoms with E-state index in [1.807, 2.05) is 0 Å². The molecule has 1 aromatic rings. The van der Waals surface area contributed by atoms with Crippen molar-refractivity contribution in [2.24, 2.45) is 5.92 Å². The van der Waals surface area contributed by atoms with Gasteiger partial charge in [0.25, 0.3) is 0 Å². The Morgan fingerprint density at radius 2 is 1.95 bits per heavy atom. The summed E-state index contributed by atoms with van der Waals surface area (Å²) in [4.78, 5) is 14.7. The van der Waals surface area contributed by atoms with Gasteiger partial charge in [-0.15, -0.1) is 0 Å². The second kappa shape index (κ2) is 7.75. The molecular formula is C18H26N2O2. The van der Waals surface area contributed by atoms with Crippen molar-refractivity contribution >= 4 is 5.91 Å². The highest BCUT2D eigenvalue weighted by Crippen LogP contribution is 2.17. The molecule has 0 aromatic heterocycles. The molecule has 2 saturated heterocycles. The summed E-state index contributed by atoms with van der Waals surface area (Å²) in [6.07, 6.45) is 4.07. The fourth-order valence-corrected chi connectivity index (χ4v) is 3.34. The largest absolute Gasteiger partial charge is 0.381 e. The van der Waals surface area contributed by atoms with E-state index in [0.29, 0.717) is 12.6 Å². The van der Waals surface area contributed by atoms with E-state index < -0.39 is 0 Å². The van der Waals surface area contributed by atoms with Gasteiger partial charge in [0.2, 0.25) is 5.91 Å². The van der Waals surface area contributed by atoms with E-state index in [1.54, 1.807) is 0 Å². The summed E-state index contributed by atoms with van der Waals surface area (Å²) < 4.78 is 5.41. The second-order valence-corrected chi connectivity index (χ2v) is 6.46. The smallest absolute Gasteiger partial charge is 0.225 e. The molecule has 2 heterocycles. The molecule has 0 saturated carbocycles. The lowest BCUT2D eigenvalue weighted by atomic mass is 9.99. The van der Waals surface area contributed by atoms with Crippen LogP contribution in [0.2, 0.25) is 0 Å². The predicted molar refractivity (Wildman–Crippen MR) is 86.4 cm³/mol. The minimum Gasteiger partial charge on any atom is -0.381 e. The molecule has 0 radical (unpaired) electrons. The van der Waals surface area contributed by atoms with Gasteiger partial charge < -0.3 is 10.1 Å². The molecule has 1 aromatic carbocycles. The molecule has 2 aliphatic heterocycles. The zero-order chi connectivity index (χ0) is 15.2. The Bertz CT molecular complexity index is 463. The molecule has 1 unspecified atom stereocenters. The van der Waals surface area contributed by atoms with Crippen molar-refractivity contribution in [3.05, 3.63) is 35.9 Å². The van der Waals surface area contributed by atoms with Gasteiger partial charge in [-0.25, -0.2) is 0 Å². The van der Waals surface area contributed by atoms with Crippen molar-refractivity contribution in [3.63, 3.8) is 0 Å².